The van der Waals surface area contributed by atoms with Crippen molar-refractivity contribution in [3.63, 3.8) is 0 Å². The number of ether oxygens (including phenoxy) is 2. The fourth-order valence-corrected chi connectivity index (χ4v) is 5.09. The van der Waals surface area contributed by atoms with Crippen molar-refractivity contribution in [3.05, 3.63) is 53.6 Å². The molecule has 194 valence electrons. The van der Waals surface area contributed by atoms with Crippen LogP contribution in [0.3, 0.4) is 0 Å². The third kappa shape index (κ3) is 6.78. The summed E-state index contributed by atoms with van der Waals surface area (Å²) in [5, 5.41) is 10.7. The Labute approximate surface area is 219 Å². The number of carbonyl (C=O) groups excluding carboxylic acids is 2. The first kappa shape index (κ1) is 27.5. The number of nitrogen functional groups attached to an aromatic ring is 1. The fourth-order valence-electron chi connectivity index (χ4n) is 5.09. The minimum atomic E-state index is -0.183. The van der Waals surface area contributed by atoms with Gasteiger partial charge < -0.3 is 20.5 Å². The summed E-state index contributed by atoms with van der Waals surface area (Å²) < 4.78 is 11.2. The molecule has 2 aromatic carbocycles. The zero-order valence-corrected chi connectivity index (χ0v) is 21.6. The molecule has 0 unspecified atom stereocenters. The fraction of sp³-hybridized carbons (Fsp3) is 0.464. The van der Waals surface area contributed by atoms with Gasteiger partial charge in [-0.25, -0.2) is 0 Å². The number of methoxy groups -OCH3 is 1. The number of hydrogen-bond acceptors (Lipinski definition) is 5. The van der Waals surface area contributed by atoms with Crippen LogP contribution in [0.25, 0.3) is 11.1 Å². The van der Waals surface area contributed by atoms with Gasteiger partial charge in [0.1, 0.15) is 17.7 Å². The normalized spacial score (nSPS) is 20.0. The third-order valence-corrected chi connectivity index (χ3v) is 7.20. The maximum absolute atomic E-state index is 13.2. The van der Waals surface area contributed by atoms with E-state index in [1.807, 2.05) is 24.3 Å². The summed E-state index contributed by atoms with van der Waals surface area (Å²) >= 11 is 0. The van der Waals surface area contributed by atoms with Gasteiger partial charge in [0.2, 0.25) is 0 Å². The molecule has 4 rings (SSSR count). The molecule has 0 aromatic heterocycles. The van der Waals surface area contributed by atoms with Gasteiger partial charge in [-0.2, -0.15) is 0 Å². The Morgan fingerprint density at radius 3 is 2.17 bits per heavy atom. The maximum atomic E-state index is 13.2. The van der Waals surface area contributed by atoms with Crippen molar-refractivity contribution in [2.24, 2.45) is 11.7 Å². The lowest BCUT2D eigenvalue weighted by Crippen LogP contribution is -2.39. The predicted octanol–water partition coefficient (Wildman–Crippen LogP) is 5.23. The van der Waals surface area contributed by atoms with Crippen LogP contribution in [0.1, 0.15) is 73.7 Å². The number of carbonyl (C=O) groups is 2. The Bertz CT molecular complexity index is 1060. The Balaban J connectivity index is 0.00000361. The predicted molar refractivity (Wildman–Crippen MR) is 143 cm³/mol. The minimum absolute atomic E-state index is 0. The number of benzene rings is 2. The molecular weight excluding hydrogens is 478 g/mol. The molecule has 8 heteroatoms. The third-order valence-electron chi connectivity index (χ3n) is 7.20. The lowest BCUT2D eigenvalue weighted by molar-refractivity contribution is -0.156. The van der Waals surface area contributed by atoms with Crippen LogP contribution in [0.5, 0.6) is 5.75 Å². The van der Waals surface area contributed by atoms with Gasteiger partial charge in [-0.3, -0.25) is 15.0 Å². The number of esters is 1. The van der Waals surface area contributed by atoms with Gasteiger partial charge in [0.15, 0.2) is 0 Å². The number of nitrogens with one attached hydrogen (secondary N) is 2. The molecule has 7 nitrogen and oxygen atoms in total. The molecule has 0 heterocycles. The molecule has 36 heavy (non-hydrogen) atoms. The lowest BCUT2D eigenvalue weighted by Gasteiger charge is -2.30. The van der Waals surface area contributed by atoms with Crippen molar-refractivity contribution in [3.8, 4) is 16.9 Å². The lowest BCUT2D eigenvalue weighted by atomic mass is 9.85. The van der Waals surface area contributed by atoms with Crippen LogP contribution in [-0.4, -0.2) is 37.0 Å². The minimum Gasteiger partial charge on any atom is -0.496 e. The standard InChI is InChI=1S/C28H35N3O4.ClH/c1-34-25-16-13-21(18-7-9-19(10-8-18)26(29)30)17-24(25)27(32)31-22-14-11-20(12-15-22)28(33)35-23-5-3-2-4-6-23;/h7-10,13,16-17,20,22-23H,2-6,11-12,14-15H2,1H3,(H3,29,30)(H,31,32);1H. The van der Waals surface area contributed by atoms with Gasteiger partial charge in [0.25, 0.3) is 5.91 Å². The van der Waals surface area contributed by atoms with Crippen LogP contribution < -0.4 is 15.8 Å². The number of nitrogens with two attached hydrogens (primary N) is 1. The molecule has 0 atom stereocenters. The van der Waals surface area contributed by atoms with E-state index in [0.29, 0.717) is 16.9 Å². The highest BCUT2D eigenvalue weighted by atomic mass is 35.5. The molecule has 1 amide bonds. The molecule has 2 aliphatic rings. The Hall–Kier alpha value is -3.06. The summed E-state index contributed by atoms with van der Waals surface area (Å²) in [5.41, 5.74) is 8.47. The van der Waals surface area contributed by atoms with E-state index in [1.54, 1.807) is 25.3 Å². The second kappa shape index (κ2) is 12.8. The largest absolute Gasteiger partial charge is 0.496 e. The van der Waals surface area contributed by atoms with Gasteiger partial charge in [0.05, 0.1) is 18.6 Å². The van der Waals surface area contributed by atoms with E-state index >= 15 is 0 Å². The van der Waals surface area contributed by atoms with E-state index in [-0.39, 0.29) is 48.2 Å². The highest BCUT2D eigenvalue weighted by molar-refractivity contribution is 5.99. The van der Waals surface area contributed by atoms with Gasteiger partial charge in [-0.05, 0) is 74.6 Å². The van der Waals surface area contributed by atoms with Gasteiger partial charge in [-0.15, -0.1) is 12.4 Å². The summed E-state index contributed by atoms with van der Waals surface area (Å²) in [4.78, 5) is 25.8. The molecule has 4 N–H and O–H groups in total. The highest BCUT2D eigenvalue weighted by Gasteiger charge is 2.30. The zero-order valence-electron chi connectivity index (χ0n) is 20.8. The number of rotatable bonds is 7. The van der Waals surface area contributed by atoms with Gasteiger partial charge >= 0.3 is 5.97 Å². The van der Waals surface area contributed by atoms with Crippen molar-refractivity contribution in [1.29, 1.82) is 5.41 Å². The van der Waals surface area contributed by atoms with E-state index < -0.39 is 0 Å². The van der Waals surface area contributed by atoms with E-state index in [9.17, 15) is 9.59 Å². The van der Waals surface area contributed by atoms with Crippen molar-refractivity contribution < 1.29 is 19.1 Å². The van der Waals surface area contributed by atoms with Gasteiger partial charge in [0, 0.05) is 11.6 Å². The summed E-state index contributed by atoms with van der Waals surface area (Å²) in [6.07, 6.45) is 8.56. The number of hydrogen-bond donors (Lipinski definition) is 3. The van der Waals surface area contributed by atoms with Crippen LogP contribution in [-0.2, 0) is 9.53 Å². The molecule has 0 spiro atoms. The first-order valence-electron chi connectivity index (χ1n) is 12.6. The Kier molecular flexibility index (Phi) is 9.76. The SMILES string of the molecule is COc1ccc(-c2ccc(C(=N)N)cc2)cc1C(=O)NC1CCC(C(=O)OC2CCCCC2)CC1.Cl. The first-order chi connectivity index (χ1) is 16.9. The van der Waals surface area contributed by atoms with Crippen molar-refractivity contribution in [1.82, 2.24) is 5.32 Å². The summed E-state index contributed by atoms with van der Waals surface area (Å²) in [6.45, 7) is 0. The zero-order chi connectivity index (χ0) is 24.8. The molecule has 0 bridgehead atoms. The van der Waals surface area contributed by atoms with Crippen LogP contribution in [0.15, 0.2) is 42.5 Å². The molecule has 2 aliphatic carbocycles. The highest BCUT2D eigenvalue weighted by Crippen LogP contribution is 2.30. The second-order valence-corrected chi connectivity index (χ2v) is 9.63. The molecule has 0 aliphatic heterocycles. The van der Waals surface area contributed by atoms with Crippen LogP contribution in [0.4, 0.5) is 0 Å². The molecular formula is C28H36ClN3O4. The molecule has 0 radical (unpaired) electrons. The monoisotopic (exact) mass is 513 g/mol. The Morgan fingerprint density at radius 2 is 1.56 bits per heavy atom. The van der Waals surface area contributed by atoms with E-state index in [0.717, 1.165) is 62.5 Å². The van der Waals surface area contributed by atoms with Crippen molar-refractivity contribution in [2.45, 2.75) is 69.9 Å². The quantitative estimate of drug-likeness (QED) is 0.266. The van der Waals surface area contributed by atoms with Crippen LogP contribution in [0, 0.1) is 11.3 Å². The number of amides is 1. The molecule has 2 aromatic rings. The average molecular weight is 514 g/mol. The van der Waals surface area contributed by atoms with E-state index in [2.05, 4.69) is 5.32 Å². The second-order valence-electron chi connectivity index (χ2n) is 9.63. The summed E-state index contributed by atoms with van der Waals surface area (Å²) in [5.74, 6) is 0.213. The van der Waals surface area contributed by atoms with Crippen molar-refractivity contribution in [2.75, 3.05) is 7.11 Å². The summed E-state index contributed by atoms with van der Waals surface area (Å²) in [7, 11) is 1.55. The number of amidine groups is 1. The first-order valence-corrected chi connectivity index (χ1v) is 12.6. The Morgan fingerprint density at radius 1 is 0.917 bits per heavy atom. The van der Waals surface area contributed by atoms with Crippen LogP contribution in [0.2, 0.25) is 0 Å². The van der Waals surface area contributed by atoms with Gasteiger partial charge in [-0.1, -0.05) is 36.8 Å². The van der Waals surface area contributed by atoms with Crippen LogP contribution >= 0.6 is 12.4 Å². The molecule has 2 saturated carbocycles. The maximum Gasteiger partial charge on any atom is 0.309 e. The van der Waals surface area contributed by atoms with E-state index in [4.69, 9.17) is 20.6 Å². The molecule has 2 fully saturated rings. The number of halogens is 1. The molecule has 0 saturated heterocycles. The summed E-state index contributed by atoms with van der Waals surface area (Å²) in [6, 6.07) is 12.9. The smallest absolute Gasteiger partial charge is 0.309 e. The average Bonchev–Trinajstić information content (AvgIpc) is 2.89. The van der Waals surface area contributed by atoms with Crippen molar-refractivity contribution >= 4 is 30.1 Å². The van der Waals surface area contributed by atoms with E-state index in [1.165, 1.54) is 6.42 Å². The topological polar surface area (TPSA) is 114 Å².